The summed E-state index contributed by atoms with van der Waals surface area (Å²) in [5.41, 5.74) is 0.200. The largest absolute Gasteiger partial charge is 0.314 e. The van der Waals surface area contributed by atoms with E-state index in [0.29, 0.717) is 11.8 Å². The van der Waals surface area contributed by atoms with E-state index in [4.69, 9.17) is 0 Å². The van der Waals surface area contributed by atoms with Gasteiger partial charge < -0.3 is 5.32 Å². The molecule has 0 aliphatic heterocycles. The molecule has 1 rings (SSSR count). The van der Waals surface area contributed by atoms with Crippen LogP contribution in [0.25, 0.3) is 0 Å². The summed E-state index contributed by atoms with van der Waals surface area (Å²) < 4.78 is 23.7. The molecular weight excluding hydrogens is 246 g/mol. The smallest absolute Gasteiger partial charge is 0.155 e. The van der Waals surface area contributed by atoms with E-state index in [1.807, 2.05) is 0 Å². The van der Waals surface area contributed by atoms with Gasteiger partial charge in [0.15, 0.2) is 9.84 Å². The lowest BCUT2D eigenvalue weighted by atomic mass is 9.86. The van der Waals surface area contributed by atoms with Gasteiger partial charge in [-0.3, -0.25) is 0 Å². The maximum atomic E-state index is 12.1. The molecule has 1 fully saturated rings. The van der Waals surface area contributed by atoms with Crippen molar-refractivity contribution >= 4 is 9.84 Å². The van der Waals surface area contributed by atoms with Crippen LogP contribution in [0.15, 0.2) is 0 Å². The summed E-state index contributed by atoms with van der Waals surface area (Å²) in [6.45, 7) is 10.7. The van der Waals surface area contributed by atoms with Crippen molar-refractivity contribution in [2.45, 2.75) is 71.1 Å². The van der Waals surface area contributed by atoms with Crippen LogP contribution < -0.4 is 5.32 Å². The Morgan fingerprint density at radius 2 is 1.94 bits per heavy atom. The molecule has 18 heavy (non-hydrogen) atoms. The van der Waals surface area contributed by atoms with Crippen LogP contribution in [-0.2, 0) is 9.84 Å². The standard InChI is InChI=1S/C14H29NO2S/c1-6-15-12-7-8-14(5,11-12)9-10-18(16,17)13(2,3)4/h12,15H,6-11H2,1-5H3. The van der Waals surface area contributed by atoms with Crippen molar-refractivity contribution in [3.05, 3.63) is 0 Å². The second kappa shape index (κ2) is 5.49. The third kappa shape index (κ3) is 3.95. The first-order valence-electron chi connectivity index (χ1n) is 7.05. The molecule has 1 N–H and O–H groups in total. The minimum absolute atomic E-state index is 0.200. The molecular formula is C14H29NO2S. The van der Waals surface area contributed by atoms with Gasteiger partial charge in [-0.05, 0) is 58.4 Å². The van der Waals surface area contributed by atoms with Crippen LogP contribution in [-0.4, -0.2) is 31.5 Å². The molecule has 0 radical (unpaired) electrons. The average molecular weight is 275 g/mol. The minimum Gasteiger partial charge on any atom is -0.314 e. The monoisotopic (exact) mass is 275 g/mol. The summed E-state index contributed by atoms with van der Waals surface area (Å²) in [5.74, 6) is 0.325. The highest BCUT2D eigenvalue weighted by atomic mass is 32.2. The molecule has 0 saturated heterocycles. The van der Waals surface area contributed by atoms with E-state index in [1.54, 1.807) is 20.8 Å². The van der Waals surface area contributed by atoms with Gasteiger partial charge in [-0.2, -0.15) is 0 Å². The Bertz CT molecular complexity index is 370. The Labute approximate surface area is 113 Å². The summed E-state index contributed by atoms with van der Waals surface area (Å²) in [5, 5.41) is 3.48. The molecule has 0 heterocycles. The van der Waals surface area contributed by atoms with E-state index >= 15 is 0 Å². The number of hydrogen-bond donors (Lipinski definition) is 1. The zero-order valence-corrected chi connectivity index (χ0v) is 13.4. The minimum atomic E-state index is -2.97. The van der Waals surface area contributed by atoms with Gasteiger partial charge in [0.2, 0.25) is 0 Å². The van der Waals surface area contributed by atoms with Crippen molar-refractivity contribution in [3.63, 3.8) is 0 Å². The number of hydrogen-bond acceptors (Lipinski definition) is 3. The third-order valence-corrected chi connectivity index (χ3v) is 6.84. The molecule has 0 aromatic heterocycles. The summed E-state index contributed by atoms with van der Waals surface area (Å²) >= 11 is 0. The summed E-state index contributed by atoms with van der Waals surface area (Å²) in [6, 6.07) is 0.581. The molecule has 1 aliphatic carbocycles. The lowest BCUT2D eigenvalue weighted by Crippen LogP contribution is -2.33. The van der Waals surface area contributed by atoms with Gasteiger partial charge in [0.25, 0.3) is 0 Å². The first-order valence-corrected chi connectivity index (χ1v) is 8.70. The quantitative estimate of drug-likeness (QED) is 0.839. The molecule has 1 saturated carbocycles. The highest BCUT2D eigenvalue weighted by Crippen LogP contribution is 2.41. The molecule has 0 aromatic carbocycles. The average Bonchev–Trinajstić information content (AvgIpc) is 2.58. The Balaban J connectivity index is 2.55. The van der Waals surface area contributed by atoms with E-state index in [2.05, 4.69) is 19.2 Å². The highest BCUT2D eigenvalue weighted by molar-refractivity contribution is 7.92. The van der Waals surface area contributed by atoms with Crippen LogP contribution in [0.4, 0.5) is 0 Å². The number of nitrogens with one attached hydrogen (secondary N) is 1. The summed E-state index contributed by atoms with van der Waals surface area (Å²) in [7, 11) is -2.97. The topological polar surface area (TPSA) is 46.2 Å². The fraction of sp³-hybridized carbons (Fsp3) is 1.00. The fourth-order valence-electron chi connectivity index (χ4n) is 2.70. The predicted octanol–water partition coefficient (Wildman–Crippen LogP) is 2.76. The van der Waals surface area contributed by atoms with Crippen molar-refractivity contribution in [2.24, 2.45) is 5.41 Å². The van der Waals surface area contributed by atoms with Crippen molar-refractivity contribution in [1.29, 1.82) is 0 Å². The van der Waals surface area contributed by atoms with Crippen LogP contribution >= 0.6 is 0 Å². The lowest BCUT2D eigenvalue weighted by molar-refractivity contribution is 0.312. The number of sulfone groups is 1. The lowest BCUT2D eigenvalue weighted by Gasteiger charge is -2.27. The SMILES string of the molecule is CCNC1CCC(C)(CCS(=O)(=O)C(C)(C)C)C1. The van der Waals surface area contributed by atoms with Crippen molar-refractivity contribution in [2.75, 3.05) is 12.3 Å². The summed E-state index contributed by atoms with van der Waals surface area (Å²) in [6.07, 6.45) is 4.24. The summed E-state index contributed by atoms with van der Waals surface area (Å²) in [4.78, 5) is 0. The predicted molar refractivity (Wildman–Crippen MR) is 77.6 cm³/mol. The first kappa shape index (κ1) is 16.0. The Morgan fingerprint density at radius 3 is 2.44 bits per heavy atom. The third-order valence-electron chi connectivity index (χ3n) is 4.24. The fourth-order valence-corrected chi connectivity index (χ4v) is 4.07. The van der Waals surface area contributed by atoms with E-state index in [-0.39, 0.29) is 5.41 Å². The van der Waals surface area contributed by atoms with E-state index in [1.165, 1.54) is 6.42 Å². The highest BCUT2D eigenvalue weighted by Gasteiger charge is 2.37. The number of rotatable bonds is 5. The van der Waals surface area contributed by atoms with Gasteiger partial charge in [-0.25, -0.2) is 8.42 Å². The zero-order chi connectivity index (χ0) is 14.0. The molecule has 0 amide bonds. The molecule has 0 spiro atoms. The molecule has 2 unspecified atom stereocenters. The van der Waals surface area contributed by atoms with Gasteiger partial charge in [-0.15, -0.1) is 0 Å². The maximum Gasteiger partial charge on any atom is 0.155 e. The van der Waals surface area contributed by atoms with E-state index < -0.39 is 14.6 Å². The molecule has 2 atom stereocenters. The van der Waals surface area contributed by atoms with Gasteiger partial charge >= 0.3 is 0 Å². The second-order valence-electron chi connectivity index (χ2n) is 6.99. The Hall–Kier alpha value is -0.0900. The van der Waals surface area contributed by atoms with Crippen molar-refractivity contribution < 1.29 is 8.42 Å². The van der Waals surface area contributed by atoms with Crippen LogP contribution in [0.2, 0.25) is 0 Å². The van der Waals surface area contributed by atoms with Gasteiger partial charge in [0, 0.05) is 6.04 Å². The van der Waals surface area contributed by atoms with Crippen LogP contribution in [0.3, 0.4) is 0 Å². The Kier molecular flexibility index (Phi) is 4.87. The maximum absolute atomic E-state index is 12.1. The van der Waals surface area contributed by atoms with Gasteiger partial charge in [0.05, 0.1) is 10.5 Å². The molecule has 108 valence electrons. The van der Waals surface area contributed by atoms with Crippen LogP contribution in [0, 0.1) is 5.41 Å². The van der Waals surface area contributed by atoms with Gasteiger partial charge in [-0.1, -0.05) is 13.8 Å². The second-order valence-corrected chi connectivity index (χ2v) is 9.85. The zero-order valence-electron chi connectivity index (χ0n) is 12.5. The molecule has 0 bridgehead atoms. The van der Waals surface area contributed by atoms with Crippen LogP contribution in [0.1, 0.15) is 60.3 Å². The molecule has 1 aliphatic rings. The molecule has 4 heteroatoms. The molecule has 0 aromatic rings. The Morgan fingerprint density at radius 1 is 1.33 bits per heavy atom. The first-order chi connectivity index (χ1) is 8.10. The molecule has 3 nitrogen and oxygen atoms in total. The van der Waals surface area contributed by atoms with Crippen molar-refractivity contribution in [3.8, 4) is 0 Å². The van der Waals surface area contributed by atoms with Crippen LogP contribution in [0.5, 0.6) is 0 Å². The van der Waals surface area contributed by atoms with E-state index in [9.17, 15) is 8.42 Å². The van der Waals surface area contributed by atoms with Gasteiger partial charge in [0.1, 0.15) is 0 Å². The van der Waals surface area contributed by atoms with E-state index in [0.717, 1.165) is 25.8 Å². The van der Waals surface area contributed by atoms with Crippen molar-refractivity contribution in [1.82, 2.24) is 5.32 Å². The normalized spacial score (nSPS) is 29.7.